The lowest BCUT2D eigenvalue weighted by Gasteiger charge is -2.29. The van der Waals surface area contributed by atoms with Gasteiger partial charge in [0.05, 0.1) is 36.8 Å². The number of H-pyrrole nitrogens is 1. The summed E-state index contributed by atoms with van der Waals surface area (Å²) in [5.74, 6) is 0. The van der Waals surface area contributed by atoms with Gasteiger partial charge in [0.1, 0.15) is 0 Å². The second-order valence-electron chi connectivity index (χ2n) is 5.39. The summed E-state index contributed by atoms with van der Waals surface area (Å²) in [5, 5.41) is 1.94. The van der Waals surface area contributed by atoms with Gasteiger partial charge in [0.2, 0.25) is 0 Å². The molecular formula is C17H16ClN3O. The van der Waals surface area contributed by atoms with E-state index in [-0.39, 0.29) is 0 Å². The summed E-state index contributed by atoms with van der Waals surface area (Å²) < 4.78 is 5.46. The van der Waals surface area contributed by atoms with Crippen LogP contribution in [0.2, 0.25) is 5.02 Å². The molecule has 1 N–H and O–H groups in total. The molecule has 1 aliphatic heterocycles. The van der Waals surface area contributed by atoms with E-state index in [1.807, 2.05) is 36.8 Å². The Labute approximate surface area is 133 Å². The third-order valence-electron chi connectivity index (χ3n) is 4.05. The lowest BCUT2D eigenvalue weighted by atomic mass is 10.0. The number of aromatic nitrogens is 2. The second kappa shape index (κ2) is 5.63. The number of hydrogen-bond acceptors (Lipinski definition) is 3. The molecule has 0 aliphatic carbocycles. The van der Waals surface area contributed by atoms with E-state index in [1.165, 1.54) is 5.39 Å². The topological polar surface area (TPSA) is 41.2 Å². The van der Waals surface area contributed by atoms with E-state index < -0.39 is 0 Å². The maximum atomic E-state index is 6.15. The van der Waals surface area contributed by atoms with Crippen molar-refractivity contribution in [3.8, 4) is 11.1 Å². The van der Waals surface area contributed by atoms with Crippen LogP contribution < -0.4 is 4.90 Å². The molecular weight excluding hydrogens is 298 g/mol. The number of hydrogen-bond donors (Lipinski definition) is 1. The average molecular weight is 314 g/mol. The Morgan fingerprint density at radius 2 is 2.05 bits per heavy atom. The molecule has 1 saturated heterocycles. The summed E-state index contributed by atoms with van der Waals surface area (Å²) in [4.78, 5) is 10.0. The van der Waals surface area contributed by atoms with E-state index in [9.17, 15) is 0 Å². The molecule has 0 bridgehead atoms. The molecule has 1 fully saturated rings. The highest BCUT2D eigenvalue weighted by molar-refractivity contribution is 6.31. The van der Waals surface area contributed by atoms with Crippen LogP contribution in [-0.2, 0) is 4.74 Å². The van der Waals surface area contributed by atoms with Gasteiger partial charge in [0, 0.05) is 35.3 Å². The highest BCUT2D eigenvalue weighted by Crippen LogP contribution is 2.36. The maximum Gasteiger partial charge on any atom is 0.0667 e. The molecule has 112 valence electrons. The summed E-state index contributed by atoms with van der Waals surface area (Å²) in [5.41, 5.74) is 4.46. The summed E-state index contributed by atoms with van der Waals surface area (Å²) in [6, 6.07) is 7.95. The van der Waals surface area contributed by atoms with Crippen molar-refractivity contribution >= 4 is 28.2 Å². The highest BCUT2D eigenvalue weighted by Gasteiger charge is 2.18. The van der Waals surface area contributed by atoms with Crippen LogP contribution in [0.5, 0.6) is 0 Å². The first kappa shape index (κ1) is 13.6. The number of anilines is 1. The van der Waals surface area contributed by atoms with Gasteiger partial charge < -0.3 is 14.6 Å². The van der Waals surface area contributed by atoms with Crippen LogP contribution in [0.4, 0.5) is 5.69 Å². The molecule has 0 radical (unpaired) electrons. The van der Waals surface area contributed by atoms with Crippen molar-refractivity contribution in [2.24, 2.45) is 0 Å². The molecule has 0 spiro atoms. The Balaban J connectivity index is 1.89. The molecule has 0 atom stereocenters. The van der Waals surface area contributed by atoms with Crippen LogP contribution in [0.1, 0.15) is 0 Å². The molecule has 3 aromatic rings. The molecule has 0 unspecified atom stereocenters. The zero-order valence-electron chi connectivity index (χ0n) is 12.1. The first-order valence-corrected chi connectivity index (χ1v) is 7.74. The average Bonchev–Trinajstić information content (AvgIpc) is 3.00. The largest absolute Gasteiger partial charge is 0.378 e. The first-order chi connectivity index (χ1) is 10.8. The molecule has 22 heavy (non-hydrogen) atoms. The summed E-state index contributed by atoms with van der Waals surface area (Å²) in [6.45, 7) is 3.29. The number of halogens is 1. The third-order valence-corrected chi connectivity index (χ3v) is 4.29. The zero-order valence-corrected chi connectivity index (χ0v) is 12.8. The van der Waals surface area contributed by atoms with Gasteiger partial charge >= 0.3 is 0 Å². The second-order valence-corrected chi connectivity index (χ2v) is 5.83. The molecule has 5 heteroatoms. The summed E-state index contributed by atoms with van der Waals surface area (Å²) >= 11 is 6.15. The van der Waals surface area contributed by atoms with Crippen molar-refractivity contribution in [2.75, 3.05) is 31.2 Å². The lowest BCUT2D eigenvalue weighted by molar-refractivity contribution is 0.123. The Kier molecular flexibility index (Phi) is 3.48. The van der Waals surface area contributed by atoms with Crippen LogP contribution in [0.15, 0.2) is 42.9 Å². The molecule has 0 amide bonds. The fraction of sp³-hybridized carbons (Fsp3) is 0.235. The van der Waals surface area contributed by atoms with E-state index in [2.05, 4.69) is 20.9 Å². The van der Waals surface area contributed by atoms with Crippen LogP contribution >= 0.6 is 11.6 Å². The number of aromatic amines is 1. The van der Waals surface area contributed by atoms with E-state index in [4.69, 9.17) is 16.3 Å². The van der Waals surface area contributed by atoms with Gasteiger partial charge in [-0.05, 0) is 17.7 Å². The van der Waals surface area contributed by atoms with Crippen LogP contribution in [0.25, 0.3) is 22.0 Å². The quantitative estimate of drug-likeness (QED) is 0.784. The molecule has 4 rings (SSSR count). The van der Waals surface area contributed by atoms with Gasteiger partial charge in [0.15, 0.2) is 0 Å². The van der Waals surface area contributed by atoms with Gasteiger partial charge in [-0.25, -0.2) is 0 Å². The monoisotopic (exact) mass is 313 g/mol. The van der Waals surface area contributed by atoms with Gasteiger partial charge in [-0.2, -0.15) is 0 Å². The van der Waals surface area contributed by atoms with E-state index in [1.54, 1.807) is 0 Å². The predicted octanol–water partition coefficient (Wildman–Crippen LogP) is 3.72. The number of ether oxygens (including phenoxy) is 1. The summed E-state index contributed by atoms with van der Waals surface area (Å²) in [7, 11) is 0. The third kappa shape index (κ3) is 2.34. The number of benzene rings is 1. The fourth-order valence-corrected chi connectivity index (χ4v) is 3.18. The Morgan fingerprint density at radius 1 is 1.18 bits per heavy atom. The first-order valence-electron chi connectivity index (χ1n) is 7.36. The summed E-state index contributed by atoms with van der Waals surface area (Å²) in [6.07, 6.45) is 5.84. The van der Waals surface area contributed by atoms with Gasteiger partial charge in [-0.15, -0.1) is 0 Å². The minimum atomic E-state index is 0.744. The highest BCUT2D eigenvalue weighted by atomic mass is 35.5. The lowest BCUT2D eigenvalue weighted by Crippen LogP contribution is -2.36. The van der Waals surface area contributed by atoms with Crippen molar-refractivity contribution < 1.29 is 4.74 Å². The molecule has 2 aromatic heterocycles. The van der Waals surface area contributed by atoms with Crippen molar-refractivity contribution in [3.05, 3.63) is 47.9 Å². The van der Waals surface area contributed by atoms with Crippen molar-refractivity contribution in [3.63, 3.8) is 0 Å². The number of nitrogens with zero attached hydrogens (tertiary/aromatic N) is 2. The standard InChI is InChI=1S/C17H16ClN3O/c18-13-3-1-2-12(8-13)14-9-20-15-10-19-11-16(17(14)15)21-4-6-22-7-5-21/h1-3,8-11,20H,4-7H2. The molecule has 0 saturated carbocycles. The number of fused-ring (bicyclic) bond motifs is 1. The van der Waals surface area contributed by atoms with Crippen molar-refractivity contribution in [1.29, 1.82) is 0 Å². The Morgan fingerprint density at radius 3 is 2.86 bits per heavy atom. The SMILES string of the molecule is Clc1cccc(-c2c[nH]c3cncc(N4CCOCC4)c23)c1. The minimum Gasteiger partial charge on any atom is -0.378 e. The van der Waals surface area contributed by atoms with Crippen LogP contribution in [0.3, 0.4) is 0 Å². The van der Waals surface area contributed by atoms with Gasteiger partial charge in [-0.3, -0.25) is 4.98 Å². The van der Waals surface area contributed by atoms with Crippen LogP contribution in [-0.4, -0.2) is 36.3 Å². The zero-order chi connectivity index (χ0) is 14.9. The molecule has 1 aliphatic rings. The fourth-order valence-electron chi connectivity index (χ4n) is 2.99. The number of pyridine rings is 1. The van der Waals surface area contributed by atoms with Crippen molar-refractivity contribution in [1.82, 2.24) is 9.97 Å². The Bertz CT molecular complexity index is 809. The predicted molar refractivity (Wildman–Crippen MR) is 89.6 cm³/mol. The van der Waals surface area contributed by atoms with Gasteiger partial charge in [-0.1, -0.05) is 23.7 Å². The van der Waals surface area contributed by atoms with E-state index >= 15 is 0 Å². The number of rotatable bonds is 2. The number of morpholine rings is 1. The minimum absolute atomic E-state index is 0.744. The number of nitrogens with one attached hydrogen (secondary N) is 1. The molecule has 1 aromatic carbocycles. The van der Waals surface area contributed by atoms with Crippen molar-refractivity contribution in [2.45, 2.75) is 0 Å². The smallest absolute Gasteiger partial charge is 0.0667 e. The Hall–Kier alpha value is -2.04. The molecule has 4 nitrogen and oxygen atoms in total. The van der Waals surface area contributed by atoms with E-state index in [0.29, 0.717) is 0 Å². The van der Waals surface area contributed by atoms with E-state index in [0.717, 1.165) is 53.7 Å². The maximum absolute atomic E-state index is 6.15. The normalized spacial score (nSPS) is 15.4. The molecule has 3 heterocycles. The van der Waals surface area contributed by atoms with Gasteiger partial charge in [0.25, 0.3) is 0 Å². The van der Waals surface area contributed by atoms with Crippen LogP contribution in [0, 0.1) is 0 Å².